The zero-order chi connectivity index (χ0) is 22.7. The second-order valence-electron chi connectivity index (χ2n) is 8.31. The molecule has 5 rings (SSSR count). The van der Waals surface area contributed by atoms with Gasteiger partial charge in [0, 0.05) is 35.8 Å². The molecular formula is C27H22O3S2. The fraction of sp³-hybridized carbons (Fsp3) is 0.185. The summed E-state index contributed by atoms with van der Waals surface area (Å²) in [4.78, 5) is 29.1. The molecule has 0 radical (unpaired) electrons. The van der Waals surface area contributed by atoms with E-state index in [1.165, 1.54) is 5.56 Å². The predicted molar refractivity (Wildman–Crippen MR) is 133 cm³/mol. The van der Waals surface area contributed by atoms with Crippen LogP contribution in [0.15, 0.2) is 42.5 Å². The highest BCUT2D eigenvalue weighted by Gasteiger charge is 2.39. The van der Waals surface area contributed by atoms with Gasteiger partial charge in [-0.15, -0.1) is 22.7 Å². The van der Waals surface area contributed by atoms with Gasteiger partial charge in [-0.05, 0) is 57.4 Å². The van der Waals surface area contributed by atoms with E-state index in [9.17, 15) is 9.59 Å². The van der Waals surface area contributed by atoms with Crippen molar-refractivity contribution in [1.82, 2.24) is 0 Å². The molecule has 2 aromatic carbocycles. The molecule has 0 unspecified atom stereocenters. The third-order valence-corrected chi connectivity index (χ3v) is 8.33. The van der Waals surface area contributed by atoms with E-state index in [-0.39, 0.29) is 0 Å². The maximum absolute atomic E-state index is 13.0. The molecule has 5 heteroatoms. The standard InChI is InChI=1S/C27H22O3S2/c1-13-6-9-18(10-7-13)25-15(3)21(16(4)32-25)23-24(27(29)30-26(23)28)22-17(5)31-20-12-14(2)8-11-19(20)22/h6-12H,1-5H3. The number of esters is 2. The monoisotopic (exact) mass is 458 g/mol. The Morgan fingerprint density at radius 1 is 0.688 bits per heavy atom. The average Bonchev–Trinajstić information content (AvgIpc) is 3.31. The fourth-order valence-electron chi connectivity index (χ4n) is 4.48. The van der Waals surface area contributed by atoms with Crippen LogP contribution in [0.4, 0.5) is 0 Å². The summed E-state index contributed by atoms with van der Waals surface area (Å²) in [5.41, 5.74) is 6.90. The molecule has 32 heavy (non-hydrogen) atoms. The molecule has 3 heterocycles. The summed E-state index contributed by atoms with van der Waals surface area (Å²) in [6, 6.07) is 14.6. The van der Waals surface area contributed by atoms with Crippen molar-refractivity contribution >= 4 is 55.8 Å². The molecule has 0 aliphatic carbocycles. The third-order valence-electron chi connectivity index (χ3n) is 6.00. The first-order valence-electron chi connectivity index (χ1n) is 10.4. The molecule has 0 saturated heterocycles. The van der Waals surface area contributed by atoms with E-state index in [0.717, 1.165) is 52.5 Å². The van der Waals surface area contributed by atoms with Gasteiger partial charge < -0.3 is 4.74 Å². The van der Waals surface area contributed by atoms with Crippen molar-refractivity contribution < 1.29 is 14.3 Å². The van der Waals surface area contributed by atoms with Gasteiger partial charge in [-0.3, -0.25) is 0 Å². The van der Waals surface area contributed by atoms with Crippen molar-refractivity contribution in [3.05, 3.63) is 80.0 Å². The average molecular weight is 459 g/mol. The van der Waals surface area contributed by atoms with Crippen LogP contribution in [0.3, 0.4) is 0 Å². The quantitative estimate of drug-likeness (QED) is 0.241. The van der Waals surface area contributed by atoms with Crippen LogP contribution in [-0.4, -0.2) is 11.9 Å². The Kier molecular flexibility index (Phi) is 4.91. The lowest BCUT2D eigenvalue weighted by Crippen LogP contribution is -2.02. The summed E-state index contributed by atoms with van der Waals surface area (Å²) >= 11 is 3.29. The van der Waals surface area contributed by atoms with Crippen LogP contribution in [0.1, 0.15) is 37.6 Å². The van der Waals surface area contributed by atoms with E-state index in [2.05, 4.69) is 44.2 Å². The van der Waals surface area contributed by atoms with Crippen LogP contribution >= 0.6 is 22.7 Å². The molecule has 0 N–H and O–H groups in total. The second-order valence-corrected chi connectivity index (χ2v) is 10.8. The maximum atomic E-state index is 13.0. The van der Waals surface area contributed by atoms with Gasteiger partial charge >= 0.3 is 11.9 Å². The number of fused-ring (bicyclic) bond motifs is 1. The van der Waals surface area contributed by atoms with Crippen molar-refractivity contribution in [2.24, 2.45) is 0 Å². The van der Waals surface area contributed by atoms with E-state index in [0.29, 0.717) is 11.1 Å². The summed E-state index contributed by atoms with van der Waals surface area (Å²) in [6.45, 7) is 10.1. The lowest BCUT2D eigenvalue weighted by Gasteiger charge is -2.07. The molecule has 1 aliphatic rings. The molecule has 0 amide bonds. The molecule has 0 atom stereocenters. The topological polar surface area (TPSA) is 43.4 Å². The SMILES string of the molecule is Cc1ccc(-c2sc(C)c(C3=C(c4c(C)sc5cc(C)ccc45)C(=O)OC3=O)c2C)cc1. The van der Waals surface area contributed by atoms with Crippen LogP contribution in [-0.2, 0) is 14.3 Å². The lowest BCUT2D eigenvalue weighted by atomic mass is 9.91. The molecule has 0 fully saturated rings. The molecule has 0 spiro atoms. The van der Waals surface area contributed by atoms with Gasteiger partial charge in [-0.25, -0.2) is 9.59 Å². The van der Waals surface area contributed by atoms with Crippen molar-refractivity contribution in [2.45, 2.75) is 34.6 Å². The van der Waals surface area contributed by atoms with Crippen LogP contribution in [0, 0.1) is 34.6 Å². The van der Waals surface area contributed by atoms with Crippen molar-refractivity contribution in [2.75, 3.05) is 0 Å². The van der Waals surface area contributed by atoms with Crippen LogP contribution in [0.2, 0.25) is 0 Å². The predicted octanol–water partition coefficient (Wildman–Crippen LogP) is 7.17. The molecule has 2 aromatic heterocycles. The van der Waals surface area contributed by atoms with Gasteiger partial charge in [-0.2, -0.15) is 0 Å². The first kappa shape index (κ1) is 20.9. The van der Waals surface area contributed by atoms with Crippen molar-refractivity contribution in [1.29, 1.82) is 0 Å². The first-order chi connectivity index (χ1) is 15.3. The van der Waals surface area contributed by atoms with Crippen LogP contribution in [0.25, 0.3) is 31.7 Å². The second kappa shape index (κ2) is 7.54. The smallest absolute Gasteiger partial charge is 0.347 e. The summed E-state index contributed by atoms with van der Waals surface area (Å²) in [5.74, 6) is -1.12. The number of hydrogen-bond acceptors (Lipinski definition) is 5. The minimum Gasteiger partial charge on any atom is -0.386 e. The molecule has 0 saturated carbocycles. The van der Waals surface area contributed by atoms with Gasteiger partial charge in [0.2, 0.25) is 0 Å². The number of ether oxygens (including phenoxy) is 1. The number of cyclic esters (lactones) is 2. The lowest BCUT2D eigenvalue weighted by molar-refractivity contribution is -0.149. The number of rotatable bonds is 3. The summed E-state index contributed by atoms with van der Waals surface area (Å²) < 4.78 is 6.30. The molecule has 4 aromatic rings. The summed E-state index contributed by atoms with van der Waals surface area (Å²) in [7, 11) is 0. The van der Waals surface area contributed by atoms with E-state index in [4.69, 9.17) is 4.74 Å². The Morgan fingerprint density at radius 3 is 1.97 bits per heavy atom. The van der Waals surface area contributed by atoms with Crippen LogP contribution in [0.5, 0.6) is 0 Å². The first-order valence-corrected chi connectivity index (χ1v) is 12.1. The Balaban J connectivity index is 1.79. The Morgan fingerprint density at radius 2 is 1.28 bits per heavy atom. The zero-order valence-corrected chi connectivity index (χ0v) is 20.2. The normalized spacial score (nSPS) is 14.0. The van der Waals surface area contributed by atoms with Crippen molar-refractivity contribution in [3.63, 3.8) is 0 Å². The number of benzene rings is 2. The summed E-state index contributed by atoms with van der Waals surface area (Å²) in [6.07, 6.45) is 0. The van der Waals surface area contributed by atoms with E-state index in [1.807, 2.05) is 32.9 Å². The van der Waals surface area contributed by atoms with Gasteiger partial charge in [0.25, 0.3) is 0 Å². The number of carbonyl (C=O) groups is 2. The number of thiophene rings is 2. The highest BCUT2D eigenvalue weighted by molar-refractivity contribution is 7.19. The third kappa shape index (κ3) is 3.15. The number of carbonyl (C=O) groups excluding carboxylic acids is 2. The van der Waals surface area contributed by atoms with E-state index < -0.39 is 11.9 Å². The number of hydrogen-bond donors (Lipinski definition) is 0. The van der Waals surface area contributed by atoms with Gasteiger partial charge in [-0.1, -0.05) is 42.0 Å². The van der Waals surface area contributed by atoms with Gasteiger partial charge in [0.1, 0.15) is 0 Å². The highest BCUT2D eigenvalue weighted by Crippen LogP contribution is 2.47. The summed E-state index contributed by atoms with van der Waals surface area (Å²) in [5, 5.41) is 0.988. The van der Waals surface area contributed by atoms with Crippen molar-refractivity contribution in [3.8, 4) is 10.4 Å². The Labute approximate surface area is 195 Å². The minimum atomic E-state index is -0.560. The Bertz CT molecular complexity index is 1460. The molecule has 160 valence electrons. The molecule has 3 nitrogen and oxygen atoms in total. The van der Waals surface area contributed by atoms with E-state index in [1.54, 1.807) is 22.7 Å². The fourth-order valence-corrected chi connectivity index (χ4v) is 6.82. The maximum Gasteiger partial charge on any atom is 0.347 e. The molecule has 1 aliphatic heterocycles. The van der Waals surface area contributed by atoms with E-state index >= 15 is 0 Å². The number of aryl methyl sites for hydroxylation is 4. The van der Waals surface area contributed by atoms with Gasteiger partial charge in [0.05, 0.1) is 11.1 Å². The highest BCUT2D eigenvalue weighted by atomic mass is 32.1. The molecular weight excluding hydrogens is 436 g/mol. The Hall–Kier alpha value is -3.02. The minimum absolute atomic E-state index is 0.391. The van der Waals surface area contributed by atoms with Crippen LogP contribution < -0.4 is 0 Å². The molecule has 0 bridgehead atoms. The zero-order valence-electron chi connectivity index (χ0n) is 18.6. The largest absolute Gasteiger partial charge is 0.386 e. The van der Waals surface area contributed by atoms with Gasteiger partial charge in [0.15, 0.2) is 0 Å².